The fourth-order valence-electron chi connectivity index (χ4n) is 1.39. The Morgan fingerprint density at radius 2 is 1.78 bits per heavy atom. The van der Waals surface area contributed by atoms with Gasteiger partial charge in [-0.15, -0.1) is 0 Å². The topological polar surface area (TPSA) is 66.4 Å². The molecule has 0 fully saturated rings. The first-order valence-corrected chi connectivity index (χ1v) is 7.37. The summed E-state index contributed by atoms with van der Waals surface area (Å²) in [5, 5.41) is 8.56. The van der Waals surface area contributed by atoms with Gasteiger partial charge in [0.25, 0.3) is 0 Å². The number of nitrogens with one attached hydrogen (secondary N) is 1. The van der Waals surface area contributed by atoms with Gasteiger partial charge in [-0.25, -0.2) is 13.1 Å². The van der Waals surface area contributed by atoms with Gasteiger partial charge in [-0.1, -0.05) is 29.8 Å². The average Bonchev–Trinajstić information content (AvgIpc) is 2.34. The molecule has 100 valence electrons. The van der Waals surface area contributed by atoms with Crippen LogP contribution >= 0.6 is 0 Å². The zero-order valence-corrected chi connectivity index (χ0v) is 11.3. The van der Waals surface area contributed by atoms with E-state index in [2.05, 4.69) is 4.72 Å². The van der Waals surface area contributed by atoms with Gasteiger partial charge < -0.3 is 5.11 Å². The SMILES string of the molecule is Cc1ccc(S(=O)(=O)NCC/C=C/CCO)cc1. The van der Waals surface area contributed by atoms with Crippen LogP contribution in [0.5, 0.6) is 0 Å². The lowest BCUT2D eigenvalue weighted by Gasteiger charge is -2.05. The Hall–Kier alpha value is -1.17. The van der Waals surface area contributed by atoms with E-state index >= 15 is 0 Å². The van der Waals surface area contributed by atoms with Crippen LogP contribution in [0.1, 0.15) is 18.4 Å². The van der Waals surface area contributed by atoms with E-state index in [1.54, 1.807) is 24.3 Å². The van der Waals surface area contributed by atoms with Crippen molar-refractivity contribution in [2.24, 2.45) is 0 Å². The molecule has 0 amide bonds. The maximum atomic E-state index is 11.9. The highest BCUT2D eigenvalue weighted by Gasteiger charge is 2.11. The summed E-state index contributed by atoms with van der Waals surface area (Å²) < 4.78 is 26.2. The molecular formula is C13H19NO3S. The molecule has 4 nitrogen and oxygen atoms in total. The van der Waals surface area contributed by atoms with Gasteiger partial charge in [0, 0.05) is 13.2 Å². The maximum absolute atomic E-state index is 11.9. The molecule has 0 aliphatic rings. The van der Waals surface area contributed by atoms with Crippen molar-refractivity contribution in [2.45, 2.75) is 24.7 Å². The van der Waals surface area contributed by atoms with Crippen molar-refractivity contribution in [2.75, 3.05) is 13.2 Å². The molecule has 18 heavy (non-hydrogen) atoms. The van der Waals surface area contributed by atoms with E-state index in [1.807, 2.05) is 19.1 Å². The summed E-state index contributed by atoms with van der Waals surface area (Å²) in [6, 6.07) is 6.74. The molecule has 1 rings (SSSR count). The Morgan fingerprint density at radius 1 is 1.17 bits per heavy atom. The molecule has 0 aliphatic carbocycles. The van der Waals surface area contributed by atoms with Crippen molar-refractivity contribution in [3.8, 4) is 0 Å². The number of aliphatic hydroxyl groups is 1. The third-order valence-electron chi connectivity index (χ3n) is 2.40. The normalized spacial score (nSPS) is 12.1. The highest BCUT2D eigenvalue weighted by atomic mass is 32.2. The first-order chi connectivity index (χ1) is 8.56. The van der Waals surface area contributed by atoms with E-state index in [1.165, 1.54) is 0 Å². The van der Waals surface area contributed by atoms with Crippen LogP contribution in [0.2, 0.25) is 0 Å². The van der Waals surface area contributed by atoms with Gasteiger partial charge in [0.05, 0.1) is 4.90 Å². The fraction of sp³-hybridized carbons (Fsp3) is 0.385. The van der Waals surface area contributed by atoms with E-state index in [0.29, 0.717) is 19.4 Å². The molecule has 0 unspecified atom stereocenters. The summed E-state index contributed by atoms with van der Waals surface area (Å²) in [5.74, 6) is 0. The van der Waals surface area contributed by atoms with Gasteiger partial charge in [-0.3, -0.25) is 0 Å². The molecule has 2 N–H and O–H groups in total. The number of aryl methyl sites for hydroxylation is 1. The van der Waals surface area contributed by atoms with Crippen LogP contribution in [0.25, 0.3) is 0 Å². The molecule has 1 aromatic carbocycles. The average molecular weight is 269 g/mol. The van der Waals surface area contributed by atoms with Gasteiger partial charge in [0.1, 0.15) is 0 Å². The van der Waals surface area contributed by atoms with Gasteiger partial charge >= 0.3 is 0 Å². The van der Waals surface area contributed by atoms with Gasteiger partial charge in [0.2, 0.25) is 10.0 Å². The lowest BCUT2D eigenvalue weighted by atomic mass is 10.2. The van der Waals surface area contributed by atoms with E-state index in [9.17, 15) is 8.42 Å². The number of hydrogen-bond acceptors (Lipinski definition) is 3. The molecule has 1 aromatic rings. The number of aliphatic hydroxyl groups excluding tert-OH is 1. The summed E-state index contributed by atoms with van der Waals surface area (Å²) in [7, 11) is -3.40. The monoisotopic (exact) mass is 269 g/mol. The minimum absolute atomic E-state index is 0.117. The Bertz CT molecular complexity index is 477. The molecular weight excluding hydrogens is 250 g/mol. The van der Waals surface area contributed by atoms with E-state index < -0.39 is 10.0 Å². The van der Waals surface area contributed by atoms with E-state index in [0.717, 1.165) is 5.56 Å². The molecule has 0 aromatic heterocycles. The first kappa shape index (κ1) is 14.9. The van der Waals surface area contributed by atoms with Crippen molar-refractivity contribution in [3.05, 3.63) is 42.0 Å². The van der Waals surface area contributed by atoms with Gasteiger partial charge in [0.15, 0.2) is 0 Å². The van der Waals surface area contributed by atoms with Crippen LogP contribution in [-0.4, -0.2) is 26.7 Å². The number of rotatable bonds is 7. The first-order valence-electron chi connectivity index (χ1n) is 5.88. The summed E-state index contributed by atoms with van der Waals surface area (Å²) in [4.78, 5) is 0.285. The largest absolute Gasteiger partial charge is 0.396 e. The highest BCUT2D eigenvalue weighted by molar-refractivity contribution is 7.89. The van der Waals surface area contributed by atoms with Crippen molar-refractivity contribution in [1.29, 1.82) is 0 Å². The Labute approximate surface area is 108 Å². The Balaban J connectivity index is 2.48. The fourth-order valence-corrected chi connectivity index (χ4v) is 2.44. The minimum atomic E-state index is -3.40. The van der Waals surface area contributed by atoms with E-state index in [4.69, 9.17) is 5.11 Å². The second-order valence-electron chi connectivity index (χ2n) is 3.98. The number of hydrogen-bond donors (Lipinski definition) is 2. The molecule has 0 aliphatic heterocycles. The molecule has 0 radical (unpaired) electrons. The molecule has 0 atom stereocenters. The zero-order valence-electron chi connectivity index (χ0n) is 10.5. The quantitative estimate of drug-likeness (QED) is 0.583. The van der Waals surface area contributed by atoms with Crippen molar-refractivity contribution >= 4 is 10.0 Å². The predicted molar refractivity (Wildman–Crippen MR) is 71.8 cm³/mol. The highest BCUT2D eigenvalue weighted by Crippen LogP contribution is 2.09. The standard InChI is InChI=1S/C13H19NO3S/c1-12-6-8-13(9-7-12)18(16,17)14-10-4-2-3-5-11-15/h2-3,6-9,14-15H,4-5,10-11H2,1H3/b3-2+. The summed E-state index contributed by atoms with van der Waals surface area (Å²) in [6.45, 7) is 2.39. The molecule has 0 heterocycles. The van der Waals surface area contributed by atoms with Crippen LogP contribution in [0.4, 0.5) is 0 Å². The molecule has 0 saturated heterocycles. The molecule has 5 heteroatoms. The zero-order chi connectivity index (χ0) is 13.4. The van der Waals surface area contributed by atoms with Crippen molar-refractivity contribution in [1.82, 2.24) is 4.72 Å². The summed E-state index contributed by atoms with van der Waals surface area (Å²) in [5.41, 5.74) is 1.03. The Kier molecular flexibility index (Phi) is 6.04. The molecule has 0 bridgehead atoms. The van der Waals surface area contributed by atoms with Gasteiger partial charge in [-0.2, -0.15) is 0 Å². The van der Waals surface area contributed by atoms with Gasteiger partial charge in [-0.05, 0) is 31.9 Å². The third-order valence-corrected chi connectivity index (χ3v) is 3.87. The van der Waals surface area contributed by atoms with Crippen LogP contribution in [0.15, 0.2) is 41.3 Å². The summed E-state index contributed by atoms with van der Waals surface area (Å²) in [6.07, 6.45) is 4.91. The van der Waals surface area contributed by atoms with Crippen molar-refractivity contribution < 1.29 is 13.5 Å². The molecule has 0 saturated carbocycles. The summed E-state index contributed by atoms with van der Waals surface area (Å²) >= 11 is 0. The smallest absolute Gasteiger partial charge is 0.240 e. The van der Waals surface area contributed by atoms with E-state index in [-0.39, 0.29) is 11.5 Å². The lowest BCUT2D eigenvalue weighted by molar-refractivity contribution is 0.302. The number of benzene rings is 1. The van der Waals surface area contributed by atoms with Crippen LogP contribution in [0.3, 0.4) is 0 Å². The second-order valence-corrected chi connectivity index (χ2v) is 5.75. The maximum Gasteiger partial charge on any atom is 0.240 e. The molecule has 0 spiro atoms. The second kappa shape index (κ2) is 7.31. The number of sulfonamides is 1. The predicted octanol–water partition coefficient (Wildman–Crippen LogP) is 1.60. The van der Waals surface area contributed by atoms with Crippen LogP contribution in [-0.2, 0) is 10.0 Å². The Morgan fingerprint density at radius 3 is 2.39 bits per heavy atom. The van der Waals surface area contributed by atoms with Crippen molar-refractivity contribution in [3.63, 3.8) is 0 Å². The lowest BCUT2D eigenvalue weighted by Crippen LogP contribution is -2.24. The van der Waals surface area contributed by atoms with Crippen LogP contribution < -0.4 is 4.72 Å². The minimum Gasteiger partial charge on any atom is -0.396 e. The third kappa shape index (κ3) is 5.00. The van der Waals surface area contributed by atoms with Crippen LogP contribution in [0, 0.1) is 6.92 Å².